The van der Waals surface area contributed by atoms with Crippen LogP contribution in [0.2, 0.25) is 5.02 Å². The molecule has 0 aliphatic carbocycles. The van der Waals surface area contributed by atoms with Gasteiger partial charge in [0.25, 0.3) is 0 Å². The molecule has 1 aromatic carbocycles. The van der Waals surface area contributed by atoms with Gasteiger partial charge in [-0.2, -0.15) is 0 Å². The third kappa shape index (κ3) is 2.20. The first kappa shape index (κ1) is 10.0. The maximum absolute atomic E-state index is 11.0. The molecule has 4 heteroatoms. The van der Waals surface area contributed by atoms with Crippen molar-refractivity contribution in [3.8, 4) is 0 Å². The molecule has 0 aromatic heterocycles. The summed E-state index contributed by atoms with van der Waals surface area (Å²) >= 11 is 5.86. The minimum absolute atomic E-state index is 0.119. The van der Waals surface area contributed by atoms with Crippen molar-refractivity contribution in [1.82, 2.24) is 0 Å². The highest BCUT2D eigenvalue weighted by Crippen LogP contribution is 2.24. The second kappa shape index (κ2) is 3.77. The smallest absolute Gasteiger partial charge is 0.151 e. The van der Waals surface area contributed by atoms with Crippen LogP contribution in [0.5, 0.6) is 0 Å². The number of nitrogens with two attached hydrogens (primary N) is 2. The van der Waals surface area contributed by atoms with Gasteiger partial charge in [-0.15, -0.1) is 0 Å². The highest BCUT2D eigenvalue weighted by molar-refractivity contribution is 6.31. The number of carbonyl (C=O) groups excluding carboxylic acids is 1. The average Bonchev–Trinajstić information content (AvgIpc) is 2.03. The van der Waals surface area contributed by atoms with Crippen LogP contribution in [0.1, 0.15) is 18.5 Å². The number of carbonyl (C=O) groups is 1. The first-order valence-electron chi connectivity index (χ1n) is 3.83. The standard InChI is InChI=1S/C9H11ClN2O/c1-5(13)9(12)7-3-2-6(11)4-8(7)10/h2-4,9H,11-12H2,1H3. The van der Waals surface area contributed by atoms with E-state index in [1.807, 2.05) is 0 Å². The van der Waals surface area contributed by atoms with Crippen molar-refractivity contribution >= 4 is 23.1 Å². The lowest BCUT2D eigenvalue weighted by Gasteiger charge is -2.10. The summed E-state index contributed by atoms with van der Waals surface area (Å²) in [4.78, 5) is 11.0. The van der Waals surface area contributed by atoms with Crippen LogP contribution in [0.4, 0.5) is 5.69 Å². The zero-order chi connectivity index (χ0) is 10.0. The molecular weight excluding hydrogens is 188 g/mol. The molecule has 0 aliphatic heterocycles. The van der Waals surface area contributed by atoms with E-state index in [2.05, 4.69) is 0 Å². The van der Waals surface area contributed by atoms with E-state index in [0.29, 0.717) is 16.3 Å². The molecule has 0 saturated carbocycles. The Balaban J connectivity index is 3.08. The van der Waals surface area contributed by atoms with Gasteiger partial charge in [-0.3, -0.25) is 4.79 Å². The predicted molar refractivity (Wildman–Crippen MR) is 53.5 cm³/mol. The number of Topliss-reactive ketones (excluding diaryl/α,β-unsaturated/α-hetero) is 1. The molecule has 1 unspecified atom stereocenters. The Morgan fingerprint density at radius 2 is 2.15 bits per heavy atom. The average molecular weight is 199 g/mol. The van der Waals surface area contributed by atoms with Gasteiger partial charge in [-0.1, -0.05) is 17.7 Å². The normalized spacial score (nSPS) is 12.5. The fraction of sp³-hybridized carbons (Fsp3) is 0.222. The number of benzene rings is 1. The molecule has 0 bridgehead atoms. The van der Waals surface area contributed by atoms with Gasteiger partial charge in [0.1, 0.15) is 0 Å². The Labute approximate surface area is 81.7 Å². The van der Waals surface area contributed by atoms with Crippen molar-refractivity contribution in [3.63, 3.8) is 0 Å². The number of anilines is 1. The molecule has 0 saturated heterocycles. The molecular formula is C9H11ClN2O. The maximum Gasteiger partial charge on any atom is 0.151 e. The molecule has 0 spiro atoms. The highest BCUT2D eigenvalue weighted by atomic mass is 35.5. The molecule has 1 rings (SSSR count). The van der Waals surface area contributed by atoms with Crippen molar-refractivity contribution in [2.24, 2.45) is 5.73 Å². The van der Waals surface area contributed by atoms with Crippen LogP contribution in [-0.4, -0.2) is 5.78 Å². The molecule has 13 heavy (non-hydrogen) atoms. The largest absolute Gasteiger partial charge is 0.399 e. The number of ketones is 1. The van der Waals surface area contributed by atoms with Gasteiger partial charge in [0.2, 0.25) is 0 Å². The number of hydrogen-bond donors (Lipinski definition) is 2. The Morgan fingerprint density at radius 1 is 1.54 bits per heavy atom. The molecule has 70 valence electrons. The summed E-state index contributed by atoms with van der Waals surface area (Å²) in [6.45, 7) is 1.43. The summed E-state index contributed by atoms with van der Waals surface area (Å²) in [5.41, 5.74) is 12.3. The van der Waals surface area contributed by atoms with Crippen LogP contribution in [0.25, 0.3) is 0 Å². The van der Waals surface area contributed by atoms with E-state index in [1.54, 1.807) is 18.2 Å². The van der Waals surface area contributed by atoms with E-state index in [-0.39, 0.29) is 5.78 Å². The summed E-state index contributed by atoms with van der Waals surface area (Å²) in [6, 6.07) is 4.26. The minimum atomic E-state index is -0.659. The first-order chi connectivity index (χ1) is 6.02. The summed E-state index contributed by atoms with van der Waals surface area (Å²) < 4.78 is 0. The second-order valence-corrected chi connectivity index (χ2v) is 3.28. The van der Waals surface area contributed by atoms with E-state index in [4.69, 9.17) is 23.1 Å². The Bertz CT molecular complexity index is 338. The number of nitrogen functional groups attached to an aromatic ring is 1. The summed E-state index contributed by atoms with van der Waals surface area (Å²) in [5.74, 6) is -0.119. The van der Waals surface area contributed by atoms with Crippen LogP contribution in [-0.2, 0) is 4.79 Å². The van der Waals surface area contributed by atoms with Crippen molar-refractivity contribution in [2.75, 3.05) is 5.73 Å². The lowest BCUT2D eigenvalue weighted by molar-refractivity contribution is -0.118. The quantitative estimate of drug-likeness (QED) is 0.708. The van der Waals surface area contributed by atoms with Crippen molar-refractivity contribution in [2.45, 2.75) is 13.0 Å². The van der Waals surface area contributed by atoms with E-state index in [9.17, 15) is 4.79 Å². The zero-order valence-corrected chi connectivity index (χ0v) is 8.01. The molecule has 0 fully saturated rings. The van der Waals surface area contributed by atoms with Crippen LogP contribution < -0.4 is 11.5 Å². The lowest BCUT2D eigenvalue weighted by atomic mass is 10.0. The highest BCUT2D eigenvalue weighted by Gasteiger charge is 2.13. The predicted octanol–water partition coefficient (Wildman–Crippen LogP) is 1.51. The summed E-state index contributed by atoms with van der Waals surface area (Å²) in [5, 5.41) is 0.433. The first-order valence-corrected chi connectivity index (χ1v) is 4.21. The molecule has 1 atom stereocenters. The topological polar surface area (TPSA) is 69.1 Å². The fourth-order valence-corrected chi connectivity index (χ4v) is 1.32. The molecule has 0 aliphatic rings. The van der Waals surface area contributed by atoms with Gasteiger partial charge in [0, 0.05) is 10.7 Å². The lowest BCUT2D eigenvalue weighted by Crippen LogP contribution is -2.18. The van der Waals surface area contributed by atoms with Crippen LogP contribution in [0, 0.1) is 0 Å². The van der Waals surface area contributed by atoms with E-state index < -0.39 is 6.04 Å². The minimum Gasteiger partial charge on any atom is -0.399 e. The van der Waals surface area contributed by atoms with Crippen molar-refractivity contribution in [1.29, 1.82) is 0 Å². The number of hydrogen-bond acceptors (Lipinski definition) is 3. The SMILES string of the molecule is CC(=O)C(N)c1ccc(N)cc1Cl. The molecule has 0 radical (unpaired) electrons. The molecule has 0 heterocycles. The monoisotopic (exact) mass is 198 g/mol. The molecule has 4 N–H and O–H groups in total. The molecule has 1 aromatic rings. The Morgan fingerprint density at radius 3 is 2.62 bits per heavy atom. The van der Waals surface area contributed by atoms with E-state index >= 15 is 0 Å². The number of rotatable bonds is 2. The Kier molecular flexibility index (Phi) is 2.90. The zero-order valence-electron chi connectivity index (χ0n) is 7.25. The van der Waals surface area contributed by atoms with Gasteiger partial charge in [0.05, 0.1) is 6.04 Å². The fourth-order valence-electron chi connectivity index (χ4n) is 1.01. The van der Waals surface area contributed by atoms with Crippen LogP contribution in [0.3, 0.4) is 0 Å². The van der Waals surface area contributed by atoms with E-state index in [1.165, 1.54) is 6.92 Å². The van der Waals surface area contributed by atoms with Gasteiger partial charge >= 0.3 is 0 Å². The third-order valence-corrected chi connectivity index (χ3v) is 2.12. The third-order valence-electron chi connectivity index (χ3n) is 1.80. The van der Waals surface area contributed by atoms with Crippen LogP contribution >= 0.6 is 11.6 Å². The van der Waals surface area contributed by atoms with Gasteiger partial charge in [0.15, 0.2) is 5.78 Å². The molecule has 0 amide bonds. The van der Waals surface area contributed by atoms with Crippen LogP contribution in [0.15, 0.2) is 18.2 Å². The van der Waals surface area contributed by atoms with Crippen molar-refractivity contribution < 1.29 is 4.79 Å². The Hall–Kier alpha value is -1.06. The number of halogens is 1. The summed E-state index contributed by atoms with van der Waals surface area (Å²) in [7, 11) is 0. The second-order valence-electron chi connectivity index (χ2n) is 2.87. The van der Waals surface area contributed by atoms with Gasteiger partial charge in [-0.25, -0.2) is 0 Å². The molecule has 3 nitrogen and oxygen atoms in total. The summed E-state index contributed by atoms with van der Waals surface area (Å²) in [6.07, 6.45) is 0. The maximum atomic E-state index is 11.0. The van der Waals surface area contributed by atoms with Crippen molar-refractivity contribution in [3.05, 3.63) is 28.8 Å². The van der Waals surface area contributed by atoms with Gasteiger partial charge in [-0.05, 0) is 24.6 Å². The van der Waals surface area contributed by atoms with Gasteiger partial charge < -0.3 is 11.5 Å². The van der Waals surface area contributed by atoms with E-state index in [0.717, 1.165) is 0 Å².